The molecule has 3 rings (SSSR count). The van der Waals surface area contributed by atoms with Gasteiger partial charge in [-0.15, -0.1) is 0 Å². The molecule has 2 aromatic rings. The lowest BCUT2D eigenvalue weighted by atomic mass is 10.1. The molecular formula is C18H23N3OS. The number of thiocarbonyl (C=S) groups is 1. The van der Waals surface area contributed by atoms with Crippen molar-refractivity contribution < 1.29 is 4.42 Å². The van der Waals surface area contributed by atoms with Crippen molar-refractivity contribution in [2.24, 2.45) is 0 Å². The molecule has 0 radical (unpaired) electrons. The maximum atomic E-state index is 5.48. The molecule has 0 unspecified atom stereocenters. The van der Waals surface area contributed by atoms with E-state index in [-0.39, 0.29) is 0 Å². The minimum absolute atomic E-state index is 0.653. The Labute approximate surface area is 143 Å². The Bertz CT molecular complexity index is 592. The highest BCUT2D eigenvalue weighted by atomic mass is 32.1. The summed E-state index contributed by atoms with van der Waals surface area (Å²) in [5.74, 6) is 0.911. The topological polar surface area (TPSA) is 31.7 Å². The number of hydrogen-bond donors (Lipinski definition) is 1. The largest absolute Gasteiger partial charge is 0.467 e. The second-order valence-electron chi connectivity index (χ2n) is 5.80. The van der Waals surface area contributed by atoms with Crippen LogP contribution in [-0.4, -0.2) is 47.6 Å². The van der Waals surface area contributed by atoms with Crippen LogP contribution in [0.5, 0.6) is 0 Å². The molecule has 1 aliphatic rings. The molecule has 1 fully saturated rings. The summed E-state index contributed by atoms with van der Waals surface area (Å²) in [5.41, 5.74) is 1.41. The van der Waals surface area contributed by atoms with Crippen LogP contribution in [0.4, 0.5) is 0 Å². The molecule has 1 aliphatic heterocycles. The lowest BCUT2D eigenvalue weighted by Gasteiger charge is -2.36. The Balaban J connectivity index is 1.37. The summed E-state index contributed by atoms with van der Waals surface area (Å²) >= 11 is 5.48. The summed E-state index contributed by atoms with van der Waals surface area (Å²) in [6.45, 7) is 5.87. The molecular weight excluding hydrogens is 306 g/mol. The van der Waals surface area contributed by atoms with Crippen LogP contribution in [0.1, 0.15) is 11.3 Å². The van der Waals surface area contributed by atoms with Crippen LogP contribution < -0.4 is 5.32 Å². The summed E-state index contributed by atoms with van der Waals surface area (Å²) in [6, 6.07) is 14.5. The fourth-order valence-electron chi connectivity index (χ4n) is 2.79. The van der Waals surface area contributed by atoms with Crippen LogP contribution in [-0.2, 0) is 13.0 Å². The van der Waals surface area contributed by atoms with Gasteiger partial charge >= 0.3 is 0 Å². The maximum Gasteiger partial charge on any atom is 0.169 e. The third kappa shape index (κ3) is 4.81. The van der Waals surface area contributed by atoms with Gasteiger partial charge in [-0.1, -0.05) is 30.3 Å². The Morgan fingerprint density at radius 3 is 2.52 bits per heavy atom. The van der Waals surface area contributed by atoms with Gasteiger partial charge in [-0.3, -0.25) is 4.90 Å². The lowest BCUT2D eigenvalue weighted by molar-refractivity contribution is 0.183. The van der Waals surface area contributed by atoms with Crippen molar-refractivity contribution in [3.63, 3.8) is 0 Å². The number of benzene rings is 1. The normalized spacial score (nSPS) is 15.6. The van der Waals surface area contributed by atoms with Crippen molar-refractivity contribution in [1.82, 2.24) is 15.1 Å². The van der Waals surface area contributed by atoms with Crippen molar-refractivity contribution >= 4 is 17.3 Å². The van der Waals surface area contributed by atoms with E-state index in [0.29, 0.717) is 6.54 Å². The molecule has 1 aromatic heterocycles. The average molecular weight is 329 g/mol. The molecule has 1 N–H and O–H groups in total. The fourth-order valence-corrected chi connectivity index (χ4v) is 3.05. The molecule has 2 heterocycles. The maximum absolute atomic E-state index is 5.48. The third-order valence-corrected chi connectivity index (χ3v) is 4.62. The van der Waals surface area contributed by atoms with Gasteiger partial charge < -0.3 is 14.6 Å². The summed E-state index contributed by atoms with van der Waals surface area (Å²) < 4.78 is 5.31. The van der Waals surface area contributed by atoms with Crippen LogP contribution in [0.25, 0.3) is 0 Å². The highest BCUT2D eigenvalue weighted by Gasteiger charge is 2.18. The highest BCUT2D eigenvalue weighted by Crippen LogP contribution is 2.06. The van der Waals surface area contributed by atoms with E-state index >= 15 is 0 Å². The summed E-state index contributed by atoms with van der Waals surface area (Å²) in [4.78, 5) is 4.76. The van der Waals surface area contributed by atoms with Gasteiger partial charge in [0.2, 0.25) is 0 Å². The highest BCUT2D eigenvalue weighted by molar-refractivity contribution is 7.80. The van der Waals surface area contributed by atoms with Crippen LogP contribution in [0.15, 0.2) is 53.1 Å². The number of nitrogens with zero attached hydrogens (tertiary/aromatic N) is 2. The van der Waals surface area contributed by atoms with E-state index in [1.54, 1.807) is 6.26 Å². The minimum Gasteiger partial charge on any atom is -0.467 e. The van der Waals surface area contributed by atoms with E-state index in [0.717, 1.165) is 50.0 Å². The van der Waals surface area contributed by atoms with E-state index < -0.39 is 0 Å². The van der Waals surface area contributed by atoms with Crippen LogP contribution in [0.3, 0.4) is 0 Å². The van der Waals surface area contributed by atoms with E-state index in [9.17, 15) is 0 Å². The Hall–Kier alpha value is -1.85. The summed E-state index contributed by atoms with van der Waals surface area (Å²) in [5, 5.41) is 4.10. The lowest BCUT2D eigenvalue weighted by Crippen LogP contribution is -2.51. The molecule has 0 bridgehead atoms. The Morgan fingerprint density at radius 1 is 1.04 bits per heavy atom. The first-order chi connectivity index (χ1) is 11.3. The molecule has 0 atom stereocenters. The van der Waals surface area contributed by atoms with E-state index in [1.165, 1.54) is 5.56 Å². The zero-order valence-corrected chi connectivity index (χ0v) is 14.1. The van der Waals surface area contributed by atoms with Gasteiger partial charge in [-0.25, -0.2) is 0 Å². The third-order valence-electron chi connectivity index (χ3n) is 4.21. The predicted octanol–water partition coefficient (Wildman–Crippen LogP) is 2.51. The first-order valence-electron chi connectivity index (χ1n) is 8.13. The second kappa shape index (κ2) is 8.13. The van der Waals surface area contributed by atoms with Gasteiger partial charge in [-0.05, 0) is 36.3 Å². The molecule has 1 aromatic carbocycles. The number of piperazine rings is 1. The van der Waals surface area contributed by atoms with Crippen LogP contribution >= 0.6 is 12.2 Å². The molecule has 0 saturated carbocycles. The van der Waals surface area contributed by atoms with Gasteiger partial charge in [0.15, 0.2) is 5.11 Å². The summed E-state index contributed by atoms with van der Waals surface area (Å²) in [7, 11) is 0. The van der Waals surface area contributed by atoms with Crippen LogP contribution in [0, 0.1) is 0 Å². The van der Waals surface area contributed by atoms with E-state index in [4.69, 9.17) is 16.6 Å². The molecule has 5 heteroatoms. The van der Waals surface area contributed by atoms with Crippen molar-refractivity contribution in [2.75, 3.05) is 32.7 Å². The zero-order valence-electron chi connectivity index (χ0n) is 13.3. The van der Waals surface area contributed by atoms with Gasteiger partial charge in [0.05, 0.1) is 12.8 Å². The first kappa shape index (κ1) is 16.0. The molecule has 1 saturated heterocycles. The van der Waals surface area contributed by atoms with Crippen molar-refractivity contribution in [3.8, 4) is 0 Å². The minimum atomic E-state index is 0.653. The van der Waals surface area contributed by atoms with E-state index in [1.807, 2.05) is 12.1 Å². The number of rotatable bonds is 5. The molecule has 0 amide bonds. The predicted molar refractivity (Wildman–Crippen MR) is 96.3 cm³/mol. The van der Waals surface area contributed by atoms with Crippen LogP contribution in [0.2, 0.25) is 0 Å². The Morgan fingerprint density at radius 2 is 1.83 bits per heavy atom. The smallest absolute Gasteiger partial charge is 0.169 e. The standard InChI is InChI=1S/C18H23N3OS/c23-18(19-15-17-7-4-14-22-17)21-12-10-20(11-13-21)9-8-16-5-2-1-3-6-16/h1-7,14H,8-13,15H2,(H,19,23). The number of hydrogen-bond acceptors (Lipinski definition) is 3. The summed E-state index contributed by atoms with van der Waals surface area (Å²) in [6.07, 6.45) is 2.80. The molecule has 0 aliphatic carbocycles. The van der Waals surface area contributed by atoms with E-state index in [2.05, 4.69) is 45.4 Å². The average Bonchev–Trinajstić information content (AvgIpc) is 3.13. The van der Waals surface area contributed by atoms with Crippen molar-refractivity contribution in [2.45, 2.75) is 13.0 Å². The second-order valence-corrected chi connectivity index (χ2v) is 6.19. The van der Waals surface area contributed by atoms with Gasteiger partial charge in [0.1, 0.15) is 5.76 Å². The number of furan rings is 1. The van der Waals surface area contributed by atoms with Crippen molar-refractivity contribution in [3.05, 3.63) is 60.1 Å². The SMILES string of the molecule is S=C(NCc1ccco1)N1CCN(CCc2ccccc2)CC1. The number of nitrogens with one attached hydrogen (secondary N) is 1. The molecule has 4 nitrogen and oxygen atoms in total. The zero-order chi connectivity index (χ0) is 15.9. The van der Waals surface area contributed by atoms with Crippen molar-refractivity contribution in [1.29, 1.82) is 0 Å². The Kier molecular flexibility index (Phi) is 5.66. The molecule has 23 heavy (non-hydrogen) atoms. The first-order valence-corrected chi connectivity index (χ1v) is 8.53. The van der Waals surface area contributed by atoms with Gasteiger partial charge in [-0.2, -0.15) is 0 Å². The van der Waals surface area contributed by atoms with Gasteiger partial charge in [0.25, 0.3) is 0 Å². The fraction of sp³-hybridized carbons (Fsp3) is 0.389. The van der Waals surface area contributed by atoms with Gasteiger partial charge in [0, 0.05) is 32.7 Å². The molecule has 0 spiro atoms. The monoisotopic (exact) mass is 329 g/mol. The quantitative estimate of drug-likeness (QED) is 0.852. The molecule has 122 valence electrons.